The Balaban J connectivity index is 0.000000306. The van der Waals surface area contributed by atoms with Crippen LogP contribution in [0.2, 0.25) is 0 Å². The zero-order valence-electron chi connectivity index (χ0n) is 13.4. The molecule has 0 bridgehead atoms. The summed E-state index contributed by atoms with van der Waals surface area (Å²) in [4.78, 5) is 18.0. The van der Waals surface area contributed by atoms with E-state index in [4.69, 9.17) is 19.8 Å². The molecule has 0 unspecified atom stereocenters. The molecule has 0 amide bonds. The Morgan fingerprint density at radius 3 is 2.04 bits per heavy atom. The molecule has 6 nitrogen and oxygen atoms in total. The molecule has 0 saturated carbocycles. The Kier molecular flexibility index (Phi) is 7.10. The zero-order chi connectivity index (χ0) is 18.3. The Bertz CT molecular complexity index is 730. The molecule has 2 atom stereocenters. The fourth-order valence-corrected chi connectivity index (χ4v) is 2.24. The van der Waals surface area contributed by atoms with Crippen LogP contribution < -0.4 is 0 Å². The highest BCUT2D eigenvalue weighted by molar-refractivity contribution is 5.92. The average molecular weight is 332 g/mol. The van der Waals surface area contributed by atoms with E-state index in [-0.39, 0.29) is 0 Å². The second-order valence-corrected chi connectivity index (χ2v) is 5.12. The molecule has 0 heterocycles. The molecule has 1 aliphatic carbocycles. The summed E-state index contributed by atoms with van der Waals surface area (Å²) in [5.41, 5.74) is 1.81. The highest BCUT2D eigenvalue weighted by Crippen LogP contribution is 2.33. The van der Waals surface area contributed by atoms with E-state index >= 15 is 0 Å². The topological polar surface area (TPSA) is 115 Å². The van der Waals surface area contributed by atoms with Gasteiger partial charge in [-0.3, -0.25) is 9.59 Å². The summed E-state index contributed by atoms with van der Waals surface area (Å²) in [6, 6.07) is 11.9. The van der Waals surface area contributed by atoms with Crippen molar-refractivity contribution >= 4 is 28.8 Å². The van der Waals surface area contributed by atoms with Crippen molar-refractivity contribution in [2.75, 3.05) is 0 Å². The average Bonchev–Trinajstić information content (AvgIpc) is 2.49. The number of carboxylic acid groups (broad SMARTS) is 2. The minimum absolute atomic E-state index is 0.798. The van der Waals surface area contributed by atoms with Crippen molar-refractivity contribution in [1.82, 2.24) is 0 Å². The van der Waals surface area contributed by atoms with Crippen LogP contribution in [0, 0.1) is 0 Å². The SMILES string of the molecule is CC(=O)O.CC(=O)O.O[C@@H]1C=Cc2c(ccc3ccccc23)[C@H]1O. The van der Waals surface area contributed by atoms with Crippen molar-refractivity contribution in [3.8, 4) is 0 Å². The van der Waals surface area contributed by atoms with E-state index in [1.165, 1.54) is 0 Å². The van der Waals surface area contributed by atoms with Crippen molar-refractivity contribution in [1.29, 1.82) is 0 Å². The van der Waals surface area contributed by atoms with Crippen LogP contribution in [0.1, 0.15) is 31.1 Å². The van der Waals surface area contributed by atoms with Crippen LogP contribution in [0.25, 0.3) is 16.8 Å². The molecule has 0 aliphatic heterocycles. The second-order valence-electron chi connectivity index (χ2n) is 5.12. The summed E-state index contributed by atoms with van der Waals surface area (Å²) in [7, 11) is 0. The molecule has 6 heteroatoms. The quantitative estimate of drug-likeness (QED) is 0.589. The fraction of sp³-hybridized carbons (Fsp3) is 0.222. The molecular weight excluding hydrogens is 312 g/mol. The first kappa shape index (κ1) is 19.3. The predicted octanol–water partition coefficient (Wildman–Crippen LogP) is 2.44. The van der Waals surface area contributed by atoms with Crippen molar-refractivity contribution in [2.24, 2.45) is 0 Å². The summed E-state index contributed by atoms with van der Waals surface area (Å²) in [6.07, 6.45) is 1.91. The normalized spacial score (nSPS) is 17.7. The maximum Gasteiger partial charge on any atom is 0.300 e. The smallest absolute Gasteiger partial charge is 0.300 e. The number of hydrogen-bond acceptors (Lipinski definition) is 4. The minimum atomic E-state index is -0.833. The van der Waals surface area contributed by atoms with Gasteiger partial charge in [0.25, 0.3) is 11.9 Å². The van der Waals surface area contributed by atoms with Crippen molar-refractivity contribution in [2.45, 2.75) is 26.1 Å². The lowest BCUT2D eigenvalue weighted by Crippen LogP contribution is -2.19. The molecular formula is C18H20O6. The highest BCUT2D eigenvalue weighted by Gasteiger charge is 2.22. The number of carbonyl (C=O) groups is 2. The molecule has 2 aromatic carbocycles. The van der Waals surface area contributed by atoms with Crippen molar-refractivity contribution in [3.05, 3.63) is 53.6 Å². The monoisotopic (exact) mass is 332 g/mol. The molecule has 24 heavy (non-hydrogen) atoms. The van der Waals surface area contributed by atoms with Crippen LogP contribution in [-0.4, -0.2) is 38.5 Å². The van der Waals surface area contributed by atoms with Gasteiger partial charge in [0.05, 0.1) is 0 Å². The predicted molar refractivity (Wildman–Crippen MR) is 90.6 cm³/mol. The minimum Gasteiger partial charge on any atom is -0.481 e. The third kappa shape index (κ3) is 5.49. The Morgan fingerprint density at radius 1 is 0.917 bits per heavy atom. The van der Waals surface area contributed by atoms with E-state index in [1.807, 2.05) is 42.5 Å². The number of carboxylic acids is 2. The summed E-state index contributed by atoms with van der Waals surface area (Å²) in [5, 5.41) is 36.5. The van der Waals surface area contributed by atoms with Crippen LogP contribution in [0.5, 0.6) is 0 Å². The van der Waals surface area contributed by atoms with Gasteiger partial charge in [-0.15, -0.1) is 0 Å². The van der Waals surface area contributed by atoms with Gasteiger partial charge >= 0.3 is 0 Å². The molecule has 128 valence electrons. The lowest BCUT2D eigenvalue weighted by atomic mass is 9.89. The number of benzene rings is 2. The van der Waals surface area contributed by atoms with Crippen molar-refractivity contribution in [3.63, 3.8) is 0 Å². The molecule has 2 aromatic rings. The van der Waals surface area contributed by atoms with Crippen LogP contribution in [0.4, 0.5) is 0 Å². The van der Waals surface area contributed by atoms with Gasteiger partial charge in [0.1, 0.15) is 12.2 Å². The fourth-order valence-electron chi connectivity index (χ4n) is 2.24. The number of aliphatic hydroxyl groups excluding tert-OH is 2. The Labute approximate surface area is 139 Å². The standard InChI is InChI=1S/C14H12O2.2C2H4O2/c15-13-8-7-11-10-4-2-1-3-9(10)5-6-12(11)14(13)16;2*1-2(3)4/h1-8,13-16H;2*1H3,(H,3,4)/t13-,14-;;/m1../s1. The summed E-state index contributed by atoms with van der Waals surface area (Å²) < 4.78 is 0. The number of hydrogen-bond donors (Lipinski definition) is 4. The van der Waals surface area contributed by atoms with Gasteiger partial charge in [0, 0.05) is 13.8 Å². The molecule has 0 spiro atoms. The van der Waals surface area contributed by atoms with Gasteiger partial charge in [-0.1, -0.05) is 48.6 Å². The summed E-state index contributed by atoms with van der Waals surface area (Å²) in [6.45, 7) is 2.17. The Morgan fingerprint density at radius 2 is 1.46 bits per heavy atom. The maximum absolute atomic E-state index is 9.89. The number of fused-ring (bicyclic) bond motifs is 3. The molecule has 4 N–H and O–H groups in total. The first-order valence-corrected chi connectivity index (χ1v) is 7.19. The molecule has 0 aromatic heterocycles. The summed E-state index contributed by atoms with van der Waals surface area (Å²) in [5.74, 6) is -1.67. The molecule has 0 saturated heterocycles. The van der Waals surface area contributed by atoms with Gasteiger partial charge in [0.2, 0.25) is 0 Å². The number of rotatable bonds is 0. The number of aliphatic carboxylic acids is 2. The molecule has 3 rings (SSSR count). The first-order valence-electron chi connectivity index (χ1n) is 7.19. The molecule has 1 aliphatic rings. The lowest BCUT2D eigenvalue weighted by molar-refractivity contribution is -0.135. The van der Waals surface area contributed by atoms with Gasteiger partial charge in [0.15, 0.2) is 0 Å². The van der Waals surface area contributed by atoms with Crippen LogP contribution in [0.3, 0.4) is 0 Å². The van der Waals surface area contributed by atoms with Crippen LogP contribution in [-0.2, 0) is 9.59 Å². The van der Waals surface area contributed by atoms with Crippen molar-refractivity contribution < 1.29 is 30.0 Å². The molecule has 0 fully saturated rings. The maximum atomic E-state index is 9.89. The first-order chi connectivity index (χ1) is 11.2. The zero-order valence-corrected chi connectivity index (χ0v) is 13.4. The van der Waals surface area contributed by atoms with E-state index in [0.717, 1.165) is 35.7 Å². The third-order valence-corrected chi connectivity index (χ3v) is 3.11. The highest BCUT2D eigenvalue weighted by atomic mass is 16.4. The Hall–Kier alpha value is -2.70. The van der Waals surface area contributed by atoms with E-state index in [0.29, 0.717) is 0 Å². The van der Waals surface area contributed by atoms with Gasteiger partial charge < -0.3 is 20.4 Å². The lowest BCUT2D eigenvalue weighted by Gasteiger charge is -2.22. The van der Waals surface area contributed by atoms with Gasteiger partial charge in [-0.05, 0) is 21.9 Å². The number of aliphatic hydroxyl groups is 2. The summed E-state index contributed by atoms with van der Waals surface area (Å²) >= 11 is 0. The largest absolute Gasteiger partial charge is 0.481 e. The van der Waals surface area contributed by atoms with E-state index in [2.05, 4.69) is 0 Å². The second kappa shape index (κ2) is 8.81. The van der Waals surface area contributed by atoms with Gasteiger partial charge in [-0.2, -0.15) is 0 Å². The molecule has 0 radical (unpaired) electrons. The van der Waals surface area contributed by atoms with E-state index in [1.54, 1.807) is 6.08 Å². The van der Waals surface area contributed by atoms with E-state index < -0.39 is 24.1 Å². The van der Waals surface area contributed by atoms with Crippen LogP contribution in [0.15, 0.2) is 42.5 Å². The van der Waals surface area contributed by atoms with E-state index in [9.17, 15) is 10.2 Å². The third-order valence-electron chi connectivity index (χ3n) is 3.11. The van der Waals surface area contributed by atoms with Gasteiger partial charge in [-0.25, -0.2) is 0 Å². The van der Waals surface area contributed by atoms with Crippen LogP contribution >= 0.6 is 0 Å².